The number of ether oxygens (including phenoxy) is 1. The third-order valence-corrected chi connectivity index (χ3v) is 2.92. The molecule has 0 atom stereocenters. The van der Waals surface area contributed by atoms with Gasteiger partial charge in [-0.25, -0.2) is 0 Å². The highest BCUT2D eigenvalue weighted by molar-refractivity contribution is 6.28. The molecule has 0 aliphatic heterocycles. The molecule has 0 spiro atoms. The van der Waals surface area contributed by atoms with Gasteiger partial charge in [0.2, 0.25) is 17.2 Å². The van der Waals surface area contributed by atoms with E-state index < -0.39 is 0 Å². The Morgan fingerprint density at radius 2 is 1.71 bits per heavy atom. The van der Waals surface area contributed by atoms with Crippen molar-refractivity contribution in [3.05, 3.63) is 35.1 Å². The molecule has 0 aliphatic carbocycles. The lowest BCUT2D eigenvalue weighted by molar-refractivity contribution is 0.414. The van der Waals surface area contributed by atoms with Gasteiger partial charge in [0.1, 0.15) is 5.75 Å². The van der Waals surface area contributed by atoms with Gasteiger partial charge in [0.15, 0.2) is 0 Å². The van der Waals surface area contributed by atoms with E-state index >= 15 is 0 Å². The average molecular weight is 308 g/mol. The van der Waals surface area contributed by atoms with Gasteiger partial charge in [-0.15, -0.1) is 0 Å². The fraction of sp³-hybridized carbons (Fsp3) is 0.357. The summed E-state index contributed by atoms with van der Waals surface area (Å²) in [6.07, 6.45) is 0.984. The van der Waals surface area contributed by atoms with Crippen LogP contribution in [-0.4, -0.2) is 28.6 Å². The number of rotatable bonds is 7. The van der Waals surface area contributed by atoms with Crippen LogP contribution in [0.3, 0.4) is 0 Å². The minimum atomic E-state index is 0.167. The Kier molecular flexibility index (Phi) is 5.57. The molecule has 0 saturated heterocycles. The maximum Gasteiger partial charge on any atom is 0.229 e. The van der Waals surface area contributed by atoms with Crippen molar-refractivity contribution < 1.29 is 4.74 Å². The van der Waals surface area contributed by atoms with Crippen molar-refractivity contribution in [2.24, 2.45) is 0 Å². The fourth-order valence-electron chi connectivity index (χ4n) is 1.67. The molecule has 0 radical (unpaired) electrons. The summed E-state index contributed by atoms with van der Waals surface area (Å²) in [5, 5.41) is 6.38. The van der Waals surface area contributed by atoms with Crippen molar-refractivity contribution in [2.75, 3.05) is 24.3 Å². The minimum absolute atomic E-state index is 0.167. The number of benzene rings is 1. The number of methoxy groups -OCH3 is 1. The molecule has 7 heteroatoms. The van der Waals surface area contributed by atoms with Gasteiger partial charge < -0.3 is 15.4 Å². The molecule has 112 valence electrons. The van der Waals surface area contributed by atoms with Crippen molar-refractivity contribution in [2.45, 2.75) is 19.9 Å². The molecule has 0 amide bonds. The third kappa shape index (κ3) is 4.75. The van der Waals surface area contributed by atoms with Crippen LogP contribution in [0.5, 0.6) is 5.75 Å². The van der Waals surface area contributed by atoms with E-state index in [9.17, 15) is 0 Å². The molecule has 2 N–H and O–H groups in total. The standard InChI is InChI=1S/C14H18ClN5O/c1-3-8-16-13-18-12(15)19-14(20-13)17-9-10-4-6-11(21-2)7-5-10/h4-7H,3,8-9H2,1-2H3,(H2,16,17,18,19,20). The summed E-state index contributed by atoms with van der Waals surface area (Å²) in [6.45, 7) is 3.45. The monoisotopic (exact) mass is 307 g/mol. The highest BCUT2D eigenvalue weighted by Crippen LogP contribution is 2.13. The van der Waals surface area contributed by atoms with Gasteiger partial charge in [-0.1, -0.05) is 19.1 Å². The Balaban J connectivity index is 1.99. The largest absolute Gasteiger partial charge is 0.497 e. The van der Waals surface area contributed by atoms with E-state index in [-0.39, 0.29) is 5.28 Å². The Morgan fingerprint density at radius 1 is 1.05 bits per heavy atom. The Labute approximate surface area is 128 Å². The maximum atomic E-state index is 5.89. The summed E-state index contributed by atoms with van der Waals surface area (Å²) in [5.74, 6) is 1.76. The summed E-state index contributed by atoms with van der Waals surface area (Å²) in [5.41, 5.74) is 1.09. The van der Waals surface area contributed by atoms with Crippen LogP contribution in [0.4, 0.5) is 11.9 Å². The van der Waals surface area contributed by atoms with E-state index in [1.807, 2.05) is 24.3 Å². The second kappa shape index (κ2) is 7.64. The third-order valence-electron chi connectivity index (χ3n) is 2.75. The number of nitrogens with zero attached hydrogens (tertiary/aromatic N) is 3. The first-order valence-corrected chi connectivity index (χ1v) is 7.11. The molecule has 0 bridgehead atoms. The van der Waals surface area contributed by atoms with Crippen molar-refractivity contribution in [3.63, 3.8) is 0 Å². The summed E-state index contributed by atoms with van der Waals surface area (Å²) in [4.78, 5) is 12.3. The first kappa shape index (κ1) is 15.3. The van der Waals surface area contributed by atoms with Crippen molar-refractivity contribution >= 4 is 23.5 Å². The van der Waals surface area contributed by atoms with Gasteiger partial charge in [0.05, 0.1) is 7.11 Å². The van der Waals surface area contributed by atoms with E-state index in [0.29, 0.717) is 18.4 Å². The molecule has 0 aliphatic rings. The Bertz CT molecular complexity index is 576. The van der Waals surface area contributed by atoms with Crippen LogP contribution in [0.1, 0.15) is 18.9 Å². The second-order valence-corrected chi connectivity index (χ2v) is 4.72. The summed E-state index contributed by atoms with van der Waals surface area (Å²) < 4.78 is 5.12. The zero-order valence-electron chi connectivity index (χ0n) is 12.1. The fourth-order valence-corrected chi connectivity index (χ4v) is 1.83. The quantitative estimate of drug-likeness (QED) is 0.819. The first-order chi connectivity index (χ1) is 10.2. The van der Waals surface area contributed by atoms with Gasteiger partial charge >= 0.3 is 0 Å². The van der Waals surface area contributed by atoms with Crippen molar-refractivity contribution in [3.8, 4) is 5.75 Å². The number of aromatic nitrogens is 3. The van der Waals surface area contributed by atoms with Gasteiger partial charge in [-0.05, 0) is 35.7 Å². The molecule has 1 heterocycles. The van der Waals surface area contributed by atoms with Gasteiger partial charge in [0.25, 0.3) is 0 Å². The number of hydrogen-bond donors (Lipinski definition) is 2. The lowest BCUT2D eigenvalue weighted by Gasteiger charge is -2.08. The van der Waals surface area contributed by atoms with Crippen LogP contribution in [0.15, 0.2) is 24.3 Å². The lowest BCUT2D eigenvalue weighted by Crippen LogP contribution is -2.09. The van der Waals surface area contributed by atoms with Crippen LogP contribution in [0, 0.1) is 0 Å². The van der Waals surface area contributed by atoms with Gasteiger partial charge in [-0.3, -0.25) is 0 Å². The average Bonchev–Trinajstić information content (AvgIpc) is 2.51. The van der Waals surface area contributed by atoms with Crippen LogP contribution in [0.25, 0.3) is 0 Å². The number of hydrogen-bond acceptors (Lipinski definition) is 6. The predicted molar refractivity (Wildman–Crippen MR) is 83.9 cm³/mol. The molecule has 0 saturated carbocycles. The van der Waals surface area contributed by atoms with Gasteiger partial charge in [0, 0.05) is 13.1 Å². The number of anilines is 2. The molecule has 2 aromatic rings. The summed E-state index contributed by atoms with van der Waals surface area (Å²) in [6, 6.07) is 7.77. The maximum absolute atomic E-state index is 5.89. The van der Waals surface area contributed by atoms with E-state index in [2.05, 4.69) is 32.5 Å². The molecular weight excluding hydrogens is 290 g/mol. The Hall–Kier alpha value is -2.08. The topological polar surface area (TPSA) is 72.0 Å². The zero-order chi connectivity index (χ0) is 15.1. The molecule has 1 aromatic carbocycles. The second-order valence-electron chi connectivity index (χ2n) is 4.38. The van der Waals surface area contributed by atoms with E-state index in [1.54, 1.807) is 7.11 Å². The molecule has 2 rings (SSSR count). The molecule has 1 aromatic heterocycles. The lowest BCUT2D eigenvalue weighted by atomic mass is 10.2. The molecular formula is C14H18ClN5O. The SMILES string of the molecule is CCCNc1nc(Cl)nc(NCc2ccc(OC)cc2)n1. The molecule has 21 heavy (non-hydrogen) atoms. The zero-order valence-corrected chi connectivity index (χ0v) is 12.8. The van der Waals surface area contributed by atoms with E-state index in [4.69, 9.17) is 16.3 Å². The summed E-state index contributed by atoms with van der Waals surface area (Å²) >= 11 is 5.89. The van der Waals surface area contributed by atoms with Crippen LogP contribution < -0.4 is 15.4 Å². The number of halogens is 1. The van der Waals surface area contributed by atoms with Gasteiger partial charge in [-0.2, -0.15) is 15.0 Å². The van der Waals surface area contributed by atoms with Crippen LogP contribution in [-0.2, 0) is 6.54 Å². The summed E-state index contributed by atoms with van der Waals surface area (Å²) in [7, 11) is 1.64. The minimum Gasteiger partial charge on any atom is -0.497 e. The Morgan fingerprint density at radius 3 is 2.33 bits per heavy atom. The van der Waals surface area contributed by atoms with E-state index in [0.717, 1.165) is 24.3 Å². The highest BCUT2D eigenvalue weighted by Gasteiger charge is 2.04. The smallest absolute Gasteiger partial charge is 0.229 e. The molecule has 6 nitrogen and oxygen atoms in total. The highest BCUT2D eigenvalue weighted by atomic mass is 35.5. The predicted octanol–water partition coefficient (Wildman–Crippen LogP) is 2.97. The first-order valence-electron chi connectivity index (χ1n) is 6.73. The molecule has 0 fully saturated rings. The van der Waals surface area contributed by atoms with E-state index in [1.165, 1.54) is 0 Å². The molecule has 0 unspecified atom stereocenters. The van der Waals surface area contributed by atoms with Crippen LogP contribution in [0.2, 0.25) is 5.28 Å². The van der Waals surface area contributed by atoms with Crippen LogP contribution >= 0.6 is 11.6 Å². The van der Waals surface area contributed by atoms with Crippen molar-refractivity contribution in [1.29, 1.82) is 0 Å². The normalized spacial score (nSPS) is 10.2. The number of nitrogens with one attached hydrogen (secondary N) is 2. The van der Waals surface area contributed by atoms with Crippen molar-refractivity contribution in [1.82, 2.24) is 15.0 Å².